The monoisotopic (exact) mass is 398 g/mol. The Kier molecular flexibility index (Phi) is 8.21. The first-order chi connectivity index (χ1) is 13.9. The lowest BCUT2D eigenvalue weighted by Crippen LogP contribution is -2.34. The molecule has 0 saturated heterocycles. The van der Waals surface area contributed by atoms with Crippen molar-refractivity contribution in [3.05, 3.63) is 59.2 Å². The first-order valence-electron chi connectivity index (χ1n) is 9.30. The number of nitrogens with one attached hydrogen (secondary N) is 2. The van der Waals surface area contributed by atoms with Gasteiger partial charge in [0, 0.05) is 43.1 Å². The zero-order valence-electron chi connectivity index (χ0n) is 16.9. The highest BCUT2D eigenvalue weighted by Gasteiger charge is 2.11. The number of ketones is 1. The summed E-state index contributed by atoms with van der Waals surface area (Å²) >= 11 is 0. The molecular formula is C22H26N2O5. The average Bonchev–Trinajstić information content (AvgIpc) is 2.74. The van der Waals surface area contributed by atoms with Gasteiger partial charge in [0.15, 0.2) is 5.78 Å². The van der Waals surface area contributed by atoms with Crippen molar-refractivity contribution < 1.29 is 23.9 Å². The van der Waals surface area contributed by atoms with Crippen LogP contribution in [0.2, 0.25) is 0 Å². The highest BCUT2D eigenvalue weighted by atomic mass is 16.5. The Morgan fingerprint density at radius 3 is 1.97 bits per heavy atom. The molecule has 0 atom stereocenters. The molecule has 2 amide bonds. The van der Waals surface area contributed by atoms with Crippen LogP contribution >= 0.6 is 0 Å². The number of methoxy groups -OCH3 is 2. The SMILES string of the molecule is COc1cc(OC)cc(C(=O)NCCNC(=O)CCC(=O)c2ccc(C)cc2)c1. The van der Waals surface area contributed by atoms with Crippen LogP contribution in [0.4, 0.5) is 0 Å². The van der Waals surface area contributed by atoms with Crippen LogP contribution in [0, 0.1) is 6.92 Å². The van der Waals surface area contributed by atoms with Gasteiger partial charge in [-0.05, 0) is 19.1 Å². The van der Waals surface area contributed by atoms with E-state index in [2.05, 4.69) is 10.6 Å². The fraction of sp³-hybridized carbons (Fsp3) is 0.318. The third-order valence-corrected chi connectivity index (χ3v) is 4.30. The van der Waals surface area contributed by atoms with E-state index < -0.39 is 0 Å². The number of rotatable bonds is 10. The molecule has 0 unspecified atom stereocenters. The Morgan fingerprint density at radius 1 is 0.793 bits per heavy atom. The van der Waals surface area contributed by atoms with E-state index >= 15 is 0 Å². The Bertz CT molecular complexity index is 840. The van der Waals surface area contributed by atoms with Crippen LogP contribution in [0.1, 0.15) is 39.1 Å². The number of carbonyl (C=O) groups is 3. The molecule has 2 aromatic rings. The largest absolute Gasteiger partial charge is 0.497 e. The average molecular weight is 398 g/mol. The van der Waals surface area contributed by atoms with E-state index in [-0.39, 0.29) is 43.5 Å². The van der Waals surface area contributed by atoms with Crippen molar-refractivity contribution in [3.63, 3.8) is 0 Å². The number of amides is 2. The van der Waals surface area contributed by atoms with Gasteiger partial charge in [-0.15, -0.1) is 0 Å². The molecule has 0 aromatic heterocycles. The lowest BCUT2D eigenvalue weighted by atomic mass is 10.1. The fourth-order valence-electron chi connectivity index (χ4n) is 2.62. The minimum absolute atomic E-state index is 0.0691. The van der Waals surface area contributed by atoms with E-state index in [1.165, 1.54) is 14.2 Å². The van der Waals surface area contributed by atoms with Gasteiger partial charge >= 0.3 is 0 Å². The Labute approximate surface area is 170 Å². The van der Waals surface area contributed by atoms with E-state index in [1.54, 1.807) is 30.3 Å². The molecule has 0 radical (unpaired) electrons. The first-order valence-corrected chi connectivity index (χ1v) is 9.30. The molecule has 7 nitrogen and oxygen atoms in total. The van der Waals surface area contributed by atoms with Crippen molar-refractivity contribution in [1.82, 2.24) is 10.6 Å². The third kappa shape index (κ3) is 6.95. The maximum absolute atomic E-state index is 12.2. The predicted molar refractivity (Wildman–Crippen MR) is 110 cm³/mol. The van der Waals surface area contributed by atoms with Crippen LogP contribution in [0.5, 0.6) is 11.5 Å². The Balaban J connectivity index is 1.71. The number of hydrogen-bond donors (Lipinski definition) is 2. The maximum Gasteiger partial charge on any atom is 0.251 e. The van der Waals surface area contributed by atoms with Gasteiger partial charge in [0.1, 0.15) is 11.5 Å². The summed E-state index contributed by atoms with van der Waals surface area (Å²) in [4.78, 5) is 36.2. The van der Waals surface area contributed by atoms with Crippen molar-refractivity contribution in [2.45, 2.75) is 19.8 Å². The van der Waals surface area contributed by atoms with Crippen LogP contribution in [-0.4, -0.2) is 44.9 Å². The normalized spacial score (nSPS) is 10.2. The third-order valence-electron chi connectivity index (χ3n) is 4.30. The van der Waals surface area contributed by atoms with Crippen molar-refractivity contribution in [2.24, 2.45) is 0 Å². The smallest absolute Gasteiger partial charge is 0.251 e. The van der Waals surface area contributed by atoms with Gasteiger partial charge in [0.2, 0.25) is 5.91 Å². The summed E-state index contributed by atoms with van der Waals surface area (Å²) in [5, 5.41) is 5.42. The zero-order valence-corrected chi connectivity index (χ0v) is 16.9. The minimum atomic E-state index is -0.300. The highest BCUT2D eigenvalue weighted by Crippen LogP contribution is 2.22. The van der Waals surface area contributed by atoms with E-state index in [0.29, 0.717) is 22.6 Å². The highest BCUT2D eigenvalue weighted by molar-refractivity contribution is 5.98. The first kappa shape index (κ1) is 21.9. The van der Waals surface area contributed by atoms with Gasteiger partial charge in [-0.25, -0.2) is 0 Å². The molecule has 154 valence electrons. The van der Waals surface area contributed by atoms with Gasteiger partial charge in [-0.3, -0.25) is 14.4 Å². The Hall–Kier alpha value is -3.35. The van der Waals surface area contributed by atoms with Crippen molar-refractivity contribution in [1.29, 1.82) is 0 Å². The van der Waals surface area contributed by atoms with E-state index in [9.17, 15) is 14.4 Å². The molecule has 7 heteroatoms. The van der Waals surface area contributed by atoms with Crippen LogP contribution < -0.4 is 20.1 Å². The molecular weight excluding hydrogens is 372 g/mol. The maximum atomic E-state index is 12.2. The summed E-state index contributed by atoms with van der Waals surface area (Å²) in [6, 6.07) is 12.1. The van der Waals surface area contributed by atoms with Crippen LogP contribution in [0.15, 0.2) is 42.5 Å². The van der Waals surface area contributed by atoms with Crippen molar-refractivity contribution >= 4 is 17.6 Å². The number of Topliss-reactive ketones (excluding diaryl/α,β-unsaturated/α-hetero) is 1. The molecule has 0 spiro atoms. The van der Waals surface area contributed by atoms with Crippen LogP contribution in [0.3, 0.4) is 0 Å². The summed E-state index contributed by atoms with van der Waals surface area (Å²) in [5.74, 6) is 0.427. The molecule has 0 fully saturated rings. The number of benzene rings is 2. The predicted octanol–water partition coefficient (Wildman–Crippen LogP) is 2.52. The Morgan fingerprint density at radius 2 is 1.38 bits per heavy atom. The molecule has 0 aliphatic carbocycles. The second-order valence-electron chi connectivity index (χ2n) is 6.50. The summed E-state index contributed by atoms with van der Waals surface area (Å²) in [6.45, 7) is 2.48. The molecule has 0 bridgehead atoms. The number of aryl methyl sites for hydroxylation is 1. The molecule has 29 heavy (non-hydrogen) atoms. The zero-order chi connectivity index (χ0) is 21.2. The molecule has 0 aliphatic rings. The number of carbonyl (C=O) groups excluding carboxylic acids is 3. The summed E-state index contributed by atoms with van der Waals surface area (Å²) in [7, 11) is 3.02. The van der Waals surface area contributed by atoms with Crippen LogP contribution in [0.25, 0.3) is 0 Å². The van der Waals surface area contributed by atoms with Gasteiger partial charge < -0.3 is 20.1 Å². The van der Waals surface area contributed by atoms with Gasteiger partial charge in [-0.2, -0.15) is 0 Å². The summed E-state index contributed by atoms with van der Waals surface area (Å²) in [5.41, 5.74) is 2.08. The minimum Gasteiger partial charge on any atom is -0.497 e. The second-order valence-corrected chi connectivity index (χ2v) is 6.50. The lowest BCUT2D eigenvalue weighted by molar-refractivity contribution is -0.121. The molecule has 0 aliphatic heterocycles. The summed E-state index contributed by atoms with van der Waals surface area (Å²) in [6.07, 6.45) is 0.249. The molecule has 0 saturated carbocycles. The fourth-order valence-corrected chi connectivity index (χ4v) is 2.62. The second kappa shape index (κ2) is 10.8. The van der Waals surface area contributed by atoms with E-state index in [4.69, 9.17) is 9.47 Å². The quantitative estimate of drug-likeness (QED) is 0.474. The number of hydrogen-bond acceptors (Lipinski definition) is 5. The van der Waals surface area contributed by atoms with Crippen molar-refractivity contribution in [2.75, 3.05) is 27.3 Å². The molecule has 2 N–H and O–H groups in total. The summed E-state index contributed by atoms with van der Waals surface area (Å²) < 4.78 is 10.3. The molecule has 2 rings (SSSR count). The number of ether oxygens (including phenoxy) is 2. The van der Waals surface area contributed by atoms with Crippen LogP contribution in [-0.2, 0) is 4.79 Å². The van der Waals surface area contributed by atoms with E-state index in [0.717, 1.165) is 5.56 Å². The van der Waals surface area contributed by atoms with Gasteiger partial charge in [0.05, 0.1) is 14.2 Å². The van der Waals surface area contributed by atoms with Gasteiger partial charge in [-0.1, -0.05) is 29.8 Å². The standard InChI is InChI=1S/C22H26N2O5/c1-15-4-6-16(7-5-15)20(25)8-9-21(26)23-10-11-24-22(27)17-12-18(28-2)14-19(13-17)29-3/h4-7,12-14H,8-11H2,1-3H3,(H,23,26)(H,24,27). The van der Waals surface area contributed by atoms with Crippen molar-refractivity contribution in [3.8, 4) is 11.5 Å². The van der Waals surface area contributed by atoms with Gasteiger partial charge in [0.25, 0.3) is 5.91 Å². The lowest BCUT2D eigenvalue weighted by Gasteiger charge is -2.10. The topological polar surface area (TPSA) is 93.7 Å². The molecule has 0 heterocycles. The molecule has 2 aromatic carbocycles. The van der Waals surface area contributed by atoms with E-state index in [1.807, 2.05) is 19.1 Å².